The minimum atomic E-state index is -0.350. The molecular formula is C15H17ClN2O2S. The first-order chi connectivity index (χ1) is 9.90. The number of benzene rings is 1. The van der Waals surface area contributed by atoms with Crippen LogP contribution >= 0.6 is 22.9 Å². The van der Waals surface area contributed by atoms with Gasteiger partial charge in [0.2, 0.25) is 0 Å². The molecule has 112 valence electrons. The number of halogens is 1. The number of nitrogen functional groups attached to an aromatic ring is 1. The molecule has 0 aliphatic carbocycles. The second-order valence-corrected chi connectivity index (χ2v) is 7.11. The molecule has 4 nitrogen and oxygen atoms in total. The molecule has 3 N–H and O–H groups in total. The van der Waals surface area contributed by atoms with Crippen LogP contribution in [0.1, 0.15) is 29.9 Å². The summed E-state index contributed by atoms with van der Waals surface area (Å²) in [6.07, 6.45) is 0.794. The van der Waals surface area contributed by atoms with E-state index >= 15 is 0 Å². The number of amides is 1. The number of anilines is 1. The molecule has 0 radical (unpaired) electrons. The number of hydrogen-bond acceptors (Lipinski definition) is 4. The second kappa shape index (κ2) is 5.16. The van der Waals surface area contributed by atoms with Gasteiger partial charge >= 0.3 is 0 Å². The number of thiophene rings is 1. The van der Waals surface area contributed by atoms with Gasteiger partial charge in [0.25, 0.3) is 5.91 Å². The Balaban J connectivity index is 1.93. The summed E-state index contributed by atoms with van der Waals surface area (Å²) in [4.78, 5) is 13.1. The van der Waals surface area contributed by atoms with Crippen molar-refractivity contribution in [1.82, 2.24) is 5.32 Å². The number of rotatable bonds is 2. The third-order valence-corrected chi connectivity index (χ3v) is 5.60. The topological polar surface area (TPSA) is 64.3 Å². The fourth-order valence-corrected chi connectivity index (χ4v) is 3.74. The molecular weight excluding hydrogens is 308 g/mol. The zero-order valence-electron chi connectivity index (χ0n) is 11.9. The summed E-state index contributed by atoms with van der Waals surface area (Å²) in [5, 5.41) is 4.52. The van der Waals surface area contributed by atoms with Gasteiger partial charge in [-0.3, -0.25) is 4.79 Å². The summed E-state index contributed by atoms with van der Waals surface area (Å²) in [5.74, 6) is -0.148. The number of carbonyl (C=O) groups is 1. The molecule has 1 aliphatic heterocycles. The van der Waals surface area contributed by atoms with E-state index in [4.69, 9.17) is 22.1 Å². The van der Waals surface area contributed by atoms with E-state index in [0.717, 1.165) is 16.5 Å². The molecule has 1 aromatic heterocycles. The van der Waals surface area contributed by atoms with Crippen molar-refractivity contribution in [3.63, 3.8) is 0 Å². The zero-order chi connectivity index (χ0) is 15.2. The summed E-state index contributed by atoms with van der Waals surface area (Å²) in [5.41, 5.74) is 6.26. The minimum Gasteiger partial charge on any atom is -0.397 e. The molecule has 6 heteroatoms. The van der Waals surface area contributed by atoms with Gasteiger partial charge < -0.3 is 15.8 Å². The molecule has 2 heterocycles. The molecule has 21 heavy (non-hydrogen) atoms. The number of ether oxygens (including phenoxy) is 1. The van der Waals surface area contributed by atoms with Crippen molar-refractivity contribution < 1.29 is 9.53 Å². The van der Waals surface area contributed by atoms with Gasteiger partial charge in [-0.15, -0.1) is 11.3 Å². The summed E-state index contributed by atoms with van der Waals surface area (Å²) in [7, 11) is 0. The Morgan fingerprint density at radius 1 is 1.57 bits per heavy atom. The normalized spacial score (nSPS) is 25.4. The Morgan fingerprint density at radius 3 is 3.00 bits per heavy atom. The van der Waals surface area contributed by atoms with Crippen molar-refractivity contribution in [2.75, 3.05) is 12.3 Å². The van der Waals surface area contributed by atoms with E-state index in [0.29, 0.717) is 22.2 Å². The quantitative estimate of drug-likeness (QED) is 0.889. The number of fused-ring (bicyclic) bond motifs is 1. The van der Waals surface area contributed by atoms with Crippen LogP contribution in [0.2, 0.25) is 5.02 Å². The average Bonchev–Trinajstić information content (AvgIpc) is 2.92. The van der Waals surface area contributed by atoms with Gasteiger partial charge in [0.05, 0.1) is 17.3 Å². The van der Waals surface area contributed by atoms with Crippen molar-refractivity contribution >= 4 is 44.6 Å². The number of carbonyl (C=O) groups excluding carboxylic acids is 1. The van der Waals surface area contributed by atoms with Crippen molar-refractivity contribution in [2.45, 2.75) is 31.9 Å². The fraction of sp³-hybridized carbons (Fsp3) is 0.400. The Morgan fingerprint density at radius 2 is 2.33 bits per heavy atom. The lowest BCUT2D eigenvalue weighted by molar-refractivity contribution is 0.0731. The molecule has 0 bridgehead atoms. The van der Waals surface area contributed by atoms with E-state index in [1.54, 1.807) is 12.1 Å². The van der Waals surface area contributed by atoms with E-state index in [1.165, 1.54) is 11.3 Å². The maximum absolute atomic E-state index is 12.6. The van der Waals surface area contributed by atoms with E-state index < -0.39 is 0 Å². The van der Waals surface area contributed by atoms with Crippen LogP contribution in [-0.4, -0.2) is 24.2 Å². The monoisotopic (exact) mass is 324 g/mol. The molecule has 0 saturated carbocycles. The van der Waals surface area contributed by atoms with Crippen molar-refractivity contribution in [3.8, 4) is 0 Å². The number of nitrogens with two attached hydrogens (primary N) is 1. The Labute approximate surface area is 132 Å². The molecule has 0 spiro atoms. The largest absolute Gasteiger partial charge is 0.397 e. The first-order valence-corrected chi connectivity index (χ1v) is 8.02. The van der Waals surface area contributed by atoms with Crippen LogP contribution < -0.4 is 11.1 Å². The molecule has 1 aromatic carbocycles. The third kappa shape index (κ3) is 2.50. The highest BCUT2D eigenvalue weighted by atomic mass is 35.5. The Hall–Kier alpha value is -1.30. The van der Waals surface area contributed by atoms with E-state index in [9.17, 15) is 4.79 Å². The molecule has 2 unspecified atom stereocenters. The molecule has 1 saturated heterocycles. The molecule has 2 aromatic rings. The number of nitrogens with one attached hydrogen (secondary N) is 1. The SMILES string of the molecule is CC1OCCC1(C)NC(=O)c1sc2ccc(Cl)cc2c1N. The standard InChI is InChI=1S/C15H17ClN2O2S/c1-8-15(2,5-6-20-8)18-14(19)13-12(17)10-7-9(16)3-4-11(10)21-13/h3-4,7-8H,5-6,17H2,1-2H3,(H,18,19). The van der Waals surface area contributed by atoms with Crippen molar-refractivity contribution in [3.05, 3.63) is 28.1 Å². The van der Waals surface area contributed by atoms with Gasteiger partial charge in [0.15, 0.2) is 0 Å². The predicted molar refractivity (Wildman–Crippen MR) is 87.1 cm³/mol. The first-order valence-electron chi connectivity index (χ1n) is 6.82. The van der Waals surface area contributed by atoms with Gasteiger partial charge in [-0.2, -0.15) is 0 Å². The maximum Gasteiger partial charge on any atom is 0.264 e. The molecule has 1 aliphatic rings. The van der Waals surface area contributed by atoms with Crippen LogP contribution in [-0.2, 0) is 4.74 Å². The van der Waals surface area contributed by atoms with Crippen LogP contribution in [0.3, 0.4) is 0 Å². The highest BCUT2D eigenvalue weighted by Crippen LogP contribution is 2.36. The van der Waals surface area contributed by atoms with Crippen LogP contribution in [0.15, 0.2) is 18.2 Å². The lowest BCUT2D eigenvalue weighted by Crippen LogP contribution is -2.50. The van der Waals surface area contributed by atoms with Crippen LogP contribution in [0, 0.1) is 0 Å². The Kier molecular flexibility index (Phi) is 3.59. The zero-order valence-corrected chi connectivity index (χ0v) is 13.5. The smallest absolute Gasteiger partial charge is 0.264 e. The van der Waals surface area contributed by atoms with Crippen LogP contribution in [0.25, 0.3) is 10.1 Å². The molecule has 3 rings (SSSR count). The maximum atomic E-state index is 12.6. The van der Waals surface area contributed by atoms with Gasteiger partial charge in [0.1, 0.15) is 4.88 Å². The first kappa shape index (κ1) is 14.6. The fourth-order valence-electron chi connectivity index (χ4n) is 2.57. The van der Waals surface area contributed by atoms with Gasteiger partial charge in [-0.25, -0.2) is 0 Å². The number of hydrogen-bond donors (Lipinski definition) is 2. The van der Waals surface area contributed by atoms with Gasteiger partial charge in [-0.1, -0.05) is 11.6 Å². The molecule has 2 atom stereocenters. The molecule has 1 fully saturated rings. The predicted octanol–water partition coefficient (Wildman–Crippen LogP) is 3.43. The van der Waals surface area contributed by atoms with E-state index in [2.05, 4.69) is 5.32 Å². The molecule has 1 amide bonds. The summed E-state index contributed by atoms with van der Waals surface area (Å²) in [6.45, 7) is 4.64. The Bertz CT molecular complexity index is 715. The van der Waals surface area contributed by atoms with Crippen molar-refractivity contribution in [1.29, 1.82) is 0 Å². The highest BCUT2D eigenvalue weighted by Gasteiger charge is 2.39. The van der Waals surface area contributed by atoms with Gasteiger partial charge in [0, 0.05) is 21.7 Å². The van der Waals surface area contributed by atoms with Gasteiger partial charge in [-0.05, 0) is 38.5 Å². The summed E-state index contributed by atoms with van der Waals surface area (Å²) >= 11 is 7.38. The van der Waals surface area contributed by atoms with E-state index in [-0.39, 0.29) is 17.6 Å². The average molecular weight is 325 g/mol. The minimum absolute atomic E-state index is 0.00787. The lowest BCUT2D eigenvalue weighted by Gasteiger charge is -2.28. The third-order valence-electron chi connectivity index (χ3n) is 4.18. The van der Waals surface area contributed by atoms with Crippen molar-refractivity contribution in [2.24, 2.45) is 0 Å². The highest BCUT2D eigenvalue weighted by molar-refractivity contribution is 7.21. The summed E-state index contributed by atoms with van der Waals surface area (Å²) < 4.78 is 6.51. The second-order valence-electron chi connectivity index (χ2n) is 5.62. The van der Waals surface area contributed by atoms with Crippen LogP contribution in [0.4, 0.5) is 5.69 Å². The van der Waals surface area contributed by atoms with E-state index in [1.807, 2.05) is 19.9 Å². The lowest BCUT2D eigenvalue weighted by atomic mass is 9.94. The summed E-state index contributed by atoms with van der Waals surface area (Å²) in [6, 6.07) is 5.48. The van der Waals surface area contributed by atoms with Crippen LogP contribution in [0.5, 0.6) is 0 Å².